The third-order valence-corrected chi connectivity index (χ3v) is 6.63. The molecule has 0 radical (unpaired) electrons. The Morgan fingerprint density at radius 3 is 2.37 bits per heavy atom. The predicted molar refractivity (Wildman–Crippen MR) is 83.2 cm³/mol. The van der Waals surface area contributed by atoms with Gasteiger partial charge in [-0.05, 0) is 55.9 Å². The average molecular weight is 266 g/mol. The summed E-state index contributed by atoms with van der Waals surface area (Å²) in [5.74, 6) is 1.61. The minimum absolute atomic E-state index is 0.295. The van der Waals surface area contributed by atoms with Gasteiger partial charge in [0, 0.05) is 18.6 Å². The molecule has 0 aromatic heterocycles. The van der Waals surface area contributed by atoms with E-state index in [0.717, 1.165) is 18.4 Å². The number of nitrogens with zero attached hydrogens (tertiary/aromatic N) is 1. The van der Waals surface area contributed by atoms with Crippen molar-refractivity contribution in [1.82, 2.24) is 4.90 Å². The maximum Gasteiger partial charge on any atom is 0.0359 e. The molecular weight excluding hydrogens is 232 g/mol. The second-order valence-electron chi connectivity index (χ2n) is 7.47. The van der Waals surface area contributed by atoms with E-state index in [9.17, 15) is 0 Å². The maximum atomic E-state index is 6.30. The fourth-order valence-electron chi connectivity index (χ4n) is 4.71. The highest BCUT2D eigenvalue weighted by atomic mass is 15.2. The lowest BCUT2D eigenvalue weighted by Gasteiger charge is -2.51. The molecule has 3 unspecified atom stereocenters. The molecule has 1 heterocycles. The lowest BCUT2D eigenvalue weighted by atomic mass is 9.68. The molecule has 2 heteroatoms. The van der Waals surface area contributed by atoms with Crippen LogP contribution in [0.1, 0.15) is 66.2 Å². The lowest BCUT2D eigenvalue weighted by molar-refractivity contribution is 0.00400. The molecule has 0 aromatic carbocycles. The van der Waals surface area contributed by atoms with Gasteiger partial charge in [-0.1, -0.05) is 34.1 Å². The fraction of sp³-hybridized carbons (Fsp3) is 1.00. The van der Waals surface area contributed by atoms with Crippen LogP contribution in [0.2, 0.25) is 0 Å². The van der Waals surface area contributed by atoms with Crippen LogP contribution < -0.4 is 5.73 Å². The van der Waals surface area contributed by atoms with Gasteiger partial charge in [-0.2, -0.15) is 0 Å². The van der Waals surface area contributed by atoms with Gasteiger partial charge in [-0.25, -0.2) is 0 Å². The summed E-state index contributed by atoms with van der Waals surface area (Å²) in [4.78, 5) is 2.79. The first kappa shape index (κ1) is 15.3. The molecule has 19 heavy (non-hydrogen) atoms. The van der Waals surface area contributed by atoms with Crippen molar-refractivity contribution in [3.8, 4) is 0 Å². The van der Waals surface area contributed by atoms with Gasteiger partial charge in [0.25, 0.3) is 0 Å². The molecule has 1 saturated heterocycles. The fourth-order valence-corrected chi connectivity index (χ4v) is 4.71. The number of hydrogen-bond acceptors (Lipinski definition) is 2. The Balaban J connectivity index is 2.18. The Hall–Kier alpha value is -0.0800. The van der Waals surface area contributed by atoms with Crippen molar-refractivity contribution in [2.75, 3.05) is 19.6 Å². The summed E-state index contributed by atoms with van der Waals surface area (Å²) in [5, 5.41) is 0. The lowest BCUT2D eigenvalue weighted by Crippen LogP contribution is -2.60. The van der Waals surface area contributed by atoms with E-state index in [1.54, 1.807) is 0 Å². The largest absolute Gasteiger partial charge is 0.329 e. The van der Waals surface area contributed by atoms with Gasteiger partial charge in [-0.3, -0.25) is 4.90 Å². The van der Waals surface area contributed by atoms with Gasteiger partial charge in [0.05, 0.1) is 0 Å². The Morgan fingerprint density at radius 1 is 1.16 bits per heavy atom. The smallest absolute Gasteiger partial charge is 0.0359 e. The molecule has 0 bridgehead atoms. The second-order valence-corrected chi connectivity index (χ2v) is 7.47. The molecule has 1 aliphatic carbocycles. The van der Waals surface area contributed by atoms with E-state index in [0.29, 0.717) is 11.0 Å². The minimum Gasteiger partial charge on any atom is -0.329 e. The zero-order valence-electron chi connectivity index (χ0n) is 13.5. The normalized spacial score (nSPS) is 39.6. The number of likely N-dealkylation sites (tertiary alicyclic amines) is 1. The molecule has 0 amide bonds. The van der Waals surface area contributed by atoms with Crippen molar-refractivity contribution in [3.05, 3.63) is 0 Å². The van der Waals surface area contributed by atoms with Crippen molar-refractivity contribution in [2.24, 2.45) is 23.0 Å². The molecule has 1 saturated carbocycles. The average Bonchev–Trinajstić information content (AvgIpc) is 2.87. The van der Waals surface area contributed by atoms with Gasteiger partial charge >= 0.3 is 0 Å². The second kappa shape index (κ2) is 5.73. The van der Waals surface area contributed by atoms with E-state index in [2.05, 4.69) is 32.6 Å². The molecular formula is C17H34N2. The van der Waals surface area contributed by atoms with Crippen molar-refractivity contribution in [2.45, 2.75) is 71.8 Å². The Kier molecular flexibility index (Phi) is 4.62. The van der Waals surface area contributed by atoms with Crippen LogP contribution in [0.4, 0.5) is 0 Å². The first-order valence-electron chi connectivity index (χ1n) is 8.47. The third kappa shape index (κ3) is 2.58. The Labute approximate surface area is 120 Å². The zero-order chi connectivity index (χ0) is 14.1. The van der Waals surface area contributed by atoms with Gasteiger partial charge < -0.3 is 5.73 Å². The first-order chi connectivity index (χ1) is 9.02. The van der Waals surface area contributed by atoms with Crippen molar-refractivity contribution < 1.29 is 0 Å². The topological polar surface area (TPSA) is 29.3 Å². The monoisotopic (exact) mass is 266 g/mol. The van der Waals surface area contributed by atoms with Crippen molar-refractivity contribution in [1.29, 1.82) is 0 Å². The Bertz CT molecular complexity index is 298. The van der Waals surface area contributed by atoms with E-state index in [1.807, 2.05) is 0 Å². The summed E-state index contributed by atoms with van der Waals surface area (Å²) in [7, 11) is 0. The minimum atomic E-state index is 0.295. The number of nitrogens with two attached hydrogens (primary N) is 1. The molecule has 3 atom stereocenters. The highest BCUT2D eigenvalue weighted by molar-refractivity contribution is 5.04. The van der Waals surface area contributed by atoms with Crippen LogP contribution in [0, 0.1) is 17.3 Å². The van der Waals surface area contributed by atoms with Crippen LogP contribution in [0.3, 0.4) is 0 Å². The summed E-state index contributed by atoms with van der Waals surface area (Å²) >= 11 is 0. The molecule has 112 valence electrons. The maximum absolute atomic E-state index is 6.30. The first-order valence-corrected chi connectivity index (χ1v) is 8.47. The van der Waals surface area contributed by atoms with E-state index >= 15 is 0 Å². The van der Waals surface area contributed by atoms with Crippen molar-refractivity contribution >= 4 is 0 Å². The van der Waals surface area contributed by atoms with Crippen LogP contribution in [0.25, 0.3) is 0 Å². The molecule has 0 spiro atoms. The van der Waals surface area contributed by atoms with E-state index in [4.69, 9.17) is 5.73 Å². The SMILES string of the molecule is CCC1(CC)CCN(C2(CN)CC(C)CCC2C)C1. The van der Waals surface area contributed by atoms with Crippen LogP contribution in [-0.4, -0.2) is 30.1 Å². The molecule has 2 nitrogen and oxygen atoms in total. The number of rotatable bonds is 4. The van der Waals surface area contributed by atoms with Crippen LogP contribution in [0.15, 0.2) is 0 Å². The molecule has 2 N–H and O–H groups in total. The third-order valence-electron chi connectivity index (χ3n) is 6.63. The molecule has 2 aliphatic rings. The summed E-state index contributed by atoms with van der Waals surface area (Å²) in [6, 6.07) is 0. The van der Waals surface area contributed by atoms with Gasteiger partial charge in [0.2, 0.25) is 0 Å². The predicted octanol–water partition coefficient (Wildman–Crippen LogP) is 3.65. The molecule has 0 aromatic rings. The highest BCUT2D eigenvalue weighted by Crippen LogP contribution is 2.46. The van der Waals surface area contributed by atoms with E-state index in [-0.39, 0.29) is 0 Å². The van der Waals surface area contributed by atoms with Crippen molar-refractivity contribution in [3.63, 3.8) is 0 Å². The summed E-state index contributed by atoms with van der Waals surface area (Å²) < 4.78 is 0. The quantitative estimate of drug-likeness (QED) is 0.841. The zero-order valence-corrected chi connectivity index (χ0v) is 13.5. The standard InChI is InChI=1S/C17H34N2/c1-5-16(6-2)9-10-19(13-16)17(12-18)11-14(3)7-8-15(17)4/h14-15H,5-13,18H2,1-4H3. The van der Waals surface area contributed by atoms with Gasteiger partial charge in [-0.15, -0.1) is 0 Å². The summed E-state index contributed by atoms with van der Waals surface area (Å²) in [6.07, 6.45) is 8.09. The van der Waals surface area contributed by atoms with E-state index in [1.165, 1.54) is 51.6 Å². The van der Waals surface area contributed by atoms with Crippen LogP contribution >= 0.6 is 0 Å². The molecule has 2 rings (SSSR count). The Morgan fingerprint density at radius 2 is 1.84 bits per heavy atom. The highest BCUT2D eigenvalue weighted by Gasteiger charge is 2.49. The summed E-state index contributed by atoms with van der Waals surface area (Å²) in [5.41, 5.74) is 7.17. The molecule has 2 fully saturated rings. The van der Waals surface area contributed by atoms with Gasteiger partial charge in [0.1, 0.15) is 0 Å². The summed E-state index contributed by atoms with van der Waals surface area (Å²) in [6.45, 7) is 13.0. The van der Waals surface area contributed by atoms with E-state index < -0.39 is 0 Å². The van der Waals surface area contributed by atoms with Crippen LogP contribution in [-0.2, 0) is 0 Å². The van der Waals surface area contributed by atoms with Gasteiger partial charge in [0.15, 0.2) is 0 Å². The van der Waals surface area contributed by atoms with Crippen LogP contribution in [0.5, 0.6) is 0 Å². The molecule has 1 aliphatic heterocycles. The number of hydrogen-bond donors (Lipinski definition) is 1.